The number of carbonyl (C=O) groups excluding carboxylic acids is 1. The lowest BCUT2D eigenvalue weighted by Gasteiger charge is -2.29. The van der Waals surface area contributed by atoms with E-state index in [4.69, 9.17) is 0 Å². The summed E-state index contributed by atoms with van der Waals surface area (Å²) in [6, 6.07) is 7.88. The Morgan fingerprint density at radius 1 is 1.43 bits per heavy atom. The van der Waals surface area contributed by atoms with Crippen molar-refractivity contribution in [1.29, 1.82) is 0 Å². The number of imidazole rings is 1. The van der Waals surface area contributed by atoms with Crippen LogP contribution in [0.3, 0.4) is 0 Å². The van der Waals surface area contributed by atoms with Gasteiger partial charge in [0.15, 0.2) is 0 Å². The van der Waals surface area contributed by atoms with Gasteiger partial charge in [-0.15, -0.1) is 0 Å². The first-order chi connectivity index (χ1) is 11.0. The molecule has 0 aliphatic rings. The molecule has 1 heterocycles. The van der Waals surface area contributed by atoms with Gasteiger partial charge in [0.2, 0.25) is 5.91 Å². The normalized spacial score (nSPS) is 13.9. The standard InChI is InChI=1S/C17H25N3O2S/c1-4-17(2,9-10-21)19-16(22)11-20-14-8-6-5-7-13(14)18-15(20)12-23-3/h5-8,21H,4,9-12H2,1-3H3,(H,19,22). The van der Waals surface area contributed by atoms with E-state index in [-0.39, 0.29) is 24.6 Å². The van der Waals surface area contributed by atoms with Crippen LogP contribution in [0.1, 0.15) is 32.5 Å². The van der Waals surface area contributed by atoms with Crippen LogP contribution >= 0.6 is 11.8 Å². The van der Waals surface area contributed by atoms with Crippen LogP contribution in [-0.4, -0.2) is 39.0 Å². The van der Waals surface area contributed by atoms with E-state index in [0.29, 0.717) is 6.42 Å². The average Bonchev–Trinajstić information content (AvgIpc) is 2.86. The van der Waals surface area contributed by atoms with Gasteiger partial charge in [-0.1, -0.05) is 19.1 Å². The summed E-state index contributed by atoms with van der Waals surface area (Å²) >= 11 is 1.69. The molecule has 2 aromatic rings. The fourth-order valence-corrected chi connectivity index (χ4v) is 3.11. The van der Waals surface area contributed by atoms with Crippen molar-refractivity contribution in [1.82, 2.24) is 14.9 Å². The molecule has 0 saturated carbocycles. The van der Waals surface area contributed by atoms with Crippen molar-refractivity contribution in [3.8, 4) is 0 Å². The number of benzene rings is 1. The summed E-state index contributed by atoms with van der Waals surface area (Å²) in [5, 5.41) is 12.3. The third-order valence-corrected chi connectivity index (χ3v) is 4.74. The minimum absolute atomic E-state index is 0.0479. The maximum Gasteiger partial charge on any atom is 0.240 e. The number of fused-ring (bicyclic) bond motifs is 1. The molecule has 2 N–H and O–H groups in total. The van der Waals surface area contributed by atoms with Crippen LogP contribution in [0.2, 0.25) is 0 Å². The van der Waals surface area contributed by atoms with Gasteiger partial charge >= 0.3 is 0 Å². The second kappa shape index (κ2) is 7.84. The second-order valence-electron chi connectivity index (χ2n) is 5.97. The molecule has 1 atom stereocenters. The highest BCUT2D eigenvalue weighted by Gasteiger charge is 2.24. The van der Waals surface area contributed by atoms with Gasteiger partial charge in [0.05, 0.1) is 16.8 Å². The molecule has 0 fully saturated rings. The van der Waals surface area contributed by atoms with Crippen molar-refractivity contribution in [2.24, 2.45) is 0 Å². The zero-order chi connectivity index (χ0) is 16.9. The van der Waals surface area contributed by atoms with Gasteiger partial charge in [0.1, 0.15) is 12.4 Å². The Bertz CT molecular complexity index is 671. The molecule has 0 aliphatic carbocycles. The molecule has 0 aliphatic heterocycles. The number of aliphatic hydroxyl groups excluding tert-OH is 1. The van der Waals surface area contributed by atoms with E-state index in [1.165, 1.54) is 0 Å². The average molecular weight is 335 g/mol. The largest absolute Gasteiger partial charge is 0.396 e. The van der Waals surface area contributed by atoms with E-state index in [1.807, 2.05) is 48.9 Å². The van der Waals surface area contributed by atoms with Crippen molar-refractivity contribution in [3.05, 3.63) is 30.1 Å². The van der Waals surface area contributed by atoms with Gasteiger partial charge in [-0.2, -0.15) is 11.8 Å². The number of nitrogens with one attached hydrogen (secondary N) is 1. The molecule has 0 bridgehead atoms. The smallest absolute Gasteiger partial charge is 0.240 e. The van der Waals surface area contributed by atoms with Crippen molar-refractivity contribution in [2.45, 2.75) is 44.5 Å². The van der Waals surface area contributed by atoms with Crippen molar-refractivity contribution in [3.63, 3.8) is 0 Å². The molecule has 126 valence electrons. The maximum atomic E-state index is 12.5. The van der Waals surface area contributed by atoms with Crippen LogP contribution in [0.25, 0.3) is 11.0 Å². The Morgan fingerprint density at radius 2 is 2.17 bits per heavy atom. The predicted octanol–water partition coefficient (Wildman–Crippen LogP) is 2.57. The molecule has 1 aromatic heterocycles. The number of hydrogen-bond acceptors (Lipinski definition) is 4. The SMILES string of the molecule is CCC(C)(CCO)NC(=O)Cn1c(CSC)nc2ccccc21. The molecular weight excluding hydrogens is 310 g/mol. The van der Waals surface area contributed by atoms with Crippen LogP contribution in [0.15, 0.2) is 24.3 Å². The molecule has 6 heteroatoms. The van der Waals surface area contributed by atoms with Gasteiger partial charge in [-0.05, 0) is 38.2 Å². The first-order valence-electron chi connectivity index (χ1n) is 7.88. The lowest BCUT2D eigenvalue weighted by atomic mass is 9.95. The highest BCUT2D eigenvalue weighted by Crippen LogP contribution is 2.19. The predicted molar refractivity (Wildman–Crippen MR) is 95.5 cm³/mol. The fraction of sp³-hybridized carbons (Fsp3) is 0.529. The van der Waals surface area contributed by atoms with E-state index in [1.54, 1.807) is 11.8 Å². The Kier molecular flexibility index (Phi) is 6.07. The summed E-state index contributed by atoms with van der Waals surface area (Å²) in [6.07, 6.45) is 3.36. The summed E-state index contributed by atoms with van der Waals surface area (Å²) in [4.78, 5) is 17.1. The minimum atomic E-state index is -0.373. The van der Waals surface area contributed by atoms with Crippen LogP contribution in [0.4, 0.5) is 0 Å². The molecule has 0 radical (unpaired) electrons. The van der Waals surface area contributed by atoms with E-state index in [9.17, 15) is 9.90 Å². The second-order valence-corrected chi connectivity index (χ2v) is 6.84. The van der Waals surface area contributed by atoms with Gasteiger partial charge < -0.3 is 15.0 Å². The quantitative estimate of drug-likeness (QED) is 0.778. The van der Waals surface area contributed by atoms with Gasteiger partial charge in [0, 0.05) is 12.1 Å². The zero-order valence-corrected chi connectivity index (χ0v) is 14.8. The number of aromatic nitrogens is 2. The molecule has 5 nitrogen and oxygen atoms in total. The number of nitrogens with zero attached hydrogens (tertiary/aromatic N) is 2. The molecular formula is C17H25N3O2S. The molecule has 1 unspecified atom stereocenters. The number of carbonyl (C=O) groups is 1. The number of hydrogen-bond donors (Lipinski definition) is 2. The van der Waals surface area contributed by atoms with Gasteiger partial charge in [0.25, 0.3) is 0 Å². The number of para-hydroxylation sites is 2. The molecule has 23 heavy (non-hydrogen) atoms. The Balaban J connectivity index is 2.23. The van der Waals surface area contributed by atoms with Crippen molar-refractivity contribution < 1.29 is 9.90 Å². The maximum absolute atomic E-state index is 12.5. The lowest BCUT2D eigenvalue weighted by Crippen LogP contribution is -2.47. The molecule has 0 spiro atoms. The molecule has 1 aromatic carbocycles. The van der Waals surface area contributed by atoms with Crippen LogP contribution in [0, 0.1) is 0 Å². The van der Waals surface area contributed by atoms with Crippen molar-refractivity contribution in [2.75, 3.05) is 12.9 Å². The van der Waals surface area contributed by atoms with Crippen LogP contribution in [0.5, 0.6) is 0 Å². The summed E-state index contributed by atoms with van der Waals surface area (Å²) < 4.78 is 1.98. The Morgan fingerprint density at radius 3 is 2.83 bits per heavy atom. The Hall–Kier alpha value is -1.53. The fourth-order valence-electron chi connectivity index (χ4n) is 2.64. The first-order valence-corrected chi connectivity index (χ1v) is 9.27. The van der Waals surface area contributed by atoms with E-state index in [2.05, 4.69) is 10.3 Å². The third kappa shape index (κ3) is 4.26. The summed E-state index contributed by atoms with van der Waals surface area (Å²) in [5.41, 5.74) is 1.52. The highest BCUT2D eigenvalue weighted by molar-refractivity contribution is 7.97. The minimum Gasteiger partial charge on any atom is -0.396 e. The molecule has 0 saturated heterocycles. The van der Waals surface area contributed by atoms with Crippen molar-refractivity contribution >= 4 is 28.7 Å². The van der Waals surface area contributed by atoms with Gasteiger partial charge in [-0.3, -0.25) is 4.79 Å². The number of rotatable bonds is 8. The zero-order valence-electron chi connectivity index (χ0n) is 14.0. The third-order valence-electron chi connectivity index (χ3n) is 4.19. The van der Waals surface area contributed by atoms with Gasteiger partial charge in [-0.25, -0.2) is 4.98 Å². The topological polar surface area (TPSA) is 67.2 Å². The summed E-state index contributed by atoms with van der Waals surface area (Å²) in [5.74, 6) is 1.63. The molecule has 2 rings (SSSR count). The van der Waals surface area contributed by atoms with Crippen LogP contribution < -0.4 is 5.32 Å². The van der Waals surface area contributed by atoms with Crippen LogP contribution in [-0.2, 0) is 17.1 Å². The lowest BCUT2D eigenvalue weighted by molar-refractivity contribution is -0.123. The van der Waals surface area contributed by atoms with E-state index < -0.39 is 0 Å². The Labute approximate surface area is 141 Å². The number of amides is 1. The summed E-state index contributed by atoms with van der Waals surface area (Å²) in [7, 11) is 0. The monoisotopic (exact) mass is 335 g/mol. The van der Waals surface area contributed by atoms with E-state index in [0.717, 1.165) is 29.0 Å². The first kappa shape index (κ1) is 17.8. The number of aliphatic hydroxyl groups is 1. The number of thioether (sulfide) groups is 1. The highest BCUT2D eigenvalue weighted by atomic mass is 32.2. The summed E-state index contributed by atoms with van der Waals surface area (Å²) in [6.45, 7) is 4.30. The molecule has 1 amide bonds. The van der Waals surface area contributed by atoms with E-state index >= 15 is 0 Å².